The number of hydrogen-bond donors (Lipinski definition) is 0. The first-order chi connectivity index (χ1) is 12.6. The lowest BCUT2D eigenvalue weighted by atomic mass is 10.00. The molecule has 2 heterocycles. The minimum Gasteiger partial charge on any atom is -0.348 e. The summed E-state index contributed by atoms with van der Waals surface area (Å²) in [4.78, 5) is 17.4. The topological polar surface area (TPSA) is 42.0 Å². The molecule has 26 heavy (non-hydrogen) atoms. The van der Waals surface area contributed by atoms with Crippen LogP contribution in [0.15, 0.2) is 24.3 Å². The average Bonchev–Trinajstić information content (AvgIpc) is 3.20. The van der Waals surface area contributed by atoms with E-state index in [1.54, 1.807) is 0 Å². The highest BCUT2D eigenvalue weighted by atomic mass is 16.7. The Labute approximate surface area is 157 Å². The molecule has 0 bridgehead atoms. The number of rotatable bonds is 6. The number of carbonyl (C=O) groups excluding carboxylic acids is 1. The van der Waals surface area contributed by atoms with Crippen LogP contribution in [0, 0.1) is 0 Å². The minimum atomic E-state index is -0.261. The lowest BCUT2D eigenvalue weighted by Gasteiger charge is -2.38. The number of ether oxygens (including phenoxy) is 2. The molecule has 0 saturated carbocycles. The molecule has 2 aliphatic rings. The van der Waals surface area contributed by atoms with Gasteiger partial charge in [-0.25, -0.2) is 0 Å². The predicted molar refractivity (Wildman–Crippen MR) is 102 cm³/mol. The Morgan fingerprint density at radius 3 is 2.50 bits per heavy atom. The fourth-order valence-electron chi connectivity index (χ4n) is 3.90. The predicted octanol–water partition coefficient (Wildman–Crippen LogP) is 3.28. The average molecular weight is 360 g/mol. The van der Waals surface area contributed by atoms with Crippen LogP contribution in [0.25, 0.3) is 0 Å². The lowest BCUT2D eigenvalue weighted by molar-refractivity contribution is -0.100. The second-order valence-corrected chi connectivity index (χ2v) is 7.53. The van der Waals surface area contributed by atoms with Crippen molar-refractivity contribution < 1.29 is 14.3 Å². The Balaban J connectivity index is 1.68. The molecule has 2 aliphatic heterocycles. The summed E-state index contributed by atoms with van der Waals surface area (Å²) in [5, 5.41) is 0. The van der Waals surface area contributed by atoms with Crippen LogP contribution in [0.4, 0.5) is 0 Å². The number of benzene rings is 1. The van der Waals surface area contributed by atoms with E-state index in [1.165, 1.54) is 5.56 Å². The van der Waals surface area contributed by atoms with E-state index in [4.69, 9.17) is 9.47 Å². The van der Waals surface area contributed by atoms with Crippen molar-refractivity contribution in [1.82, 2.24) is 9.80 Å². The molecular weight excluding hydrogens is 328 g/mol. The molecule has 1 aromatic rings. The quantitative estimate of drug-likeness (QED) is 0.781. The Kier molecular flexibility index (Phi) is 6.68. The van der Waals surface area contributed by atoms with Crippen LogP contribution in [0.5, 0.6) is 0 Å². The Hall–Kier alpha value is -1.43. The van der Waals surface area contributed by atoms with E-state index in [9.17, 15) is 4.79 Å². The van der Waals surface area contributed by atoms with Crippen molar-refractivity contribution in [3.8, 4) is 0 Å². The summed E-state index contributed by atoms with van der Waals surface area (Å²) in [5.74, 6) is 0.0940. The molecule has 1 unspecified atom stereocenters. The van der Waals surface area contributed by atoms with Gasteiger partial charge in [-0.05, 0) is 57.4 Å². The van der Waals surface area contributed by atoms with Gasteiger partial charge in [-0.2, -0.15) is 0 Å². The van der Waals surface area contributed by atoms with E-state index < -0.39 is 0 Å². The van der Waals surface area contributed by atoms with Gasteiger partial charge in [-0.3, -0.25) is 9.69 Å². The highest BCUT2D eigenvalue weighted by Crippen LogP contribution is 2.26. The molecule has 5 heteroatoms. The Morgan fingerprint density at radius 1 is 1.19 bits per heavy atom. The maximum atomic E-state index is 13.1. The summed E-state index contributed by atoms with van der Waals surface area (Å²) in [5.41, 5.74) is 2.00. The fraction of sp³-hybridized carbons (Fsp3) is 0.667. The number of piperidine rings is 1. The van der Waals surface area contributed by atoms with Gasteiger partial charge in [0.25, 0.3) is 5.91 Å². The van der Waals surface area contributed by atoms with Crippen molar-refractivity contribution >= 4 is 5.91 Å². The van der Waals surface area contributed by atoms with Crippen LogP contribution in [0.3, 0.4) is 0 Å². The van der Waals surface area contributed by atoms with Crippen molar-refractivity contribution in [2.45, 2.75) is 65.0 Å². The first-order valence-electron chi connectivity index (χ1n) is 9.97. The van der Waals surface area contributed by atoms with E-state index in [-0.39, 0.29) is 18.2 Å². The van der Waals surface area contributed by atoms with E-state index in [0.717, 1.165) is 44.5 Å². The molecule has 3 rings (SSSR count). The van der Waals surface area contributed by atoms with Gasteiger partial charge in [0.2, 0.25) is 0 Å². The number of carbonyl (C=O) groups is 1. The molecule has 2 saturated heterocycles. The van der Waals surface area contributed by atoms with Gasteiger partial charge in [0.05, 0.1) is 19.3 Å². The molecule has 5 nitrogen and oxygen atoms in total. The molecule has 0 aliphatic carbocycles. The van der Waals surface area contributed by atoms with Crippen LogP contribution in [0.1, 0.15) is 56.0 Å². The summed E-state index contributed by atoms with van der Waals surface area (Å²) in [6.07, 6.45) is 2.86. The zero-order valence-corrected chi connectivity index (χ0v) is 16.3. The van der Waals surface area contributed by atoms with E-state index in [1.807, 2.05) is 17.0 Å². The molecule has 1 atom stereocenters. The molecule has 144 valence electrons. The number of likely N-dealkylation sites (tertiary alicyclic amines) is 1. The fourth-order valence-corrected chi connectivity index (χ4v) is 3.90. The molecule has 0 N–H and O–H groups in total. The van der Waals surface area contributed by atoms with Crippen molar-refractivity contribution in [1.29, 1.82) is 0 Å². The molecule has 1 amide bonds. The third kappa shape index (κ3) is 4.45. The van der Waals surface area contributed by atoms with Gasteiger partial charge >= 0.3 is 0 Å². The maximum Gasteiger partial charge on any atom is 0.254 e. The first-order valence-corrected chi connectivity index (χ1v) is 9.97. The summed E-state index contributed by atoms with van der Waals surface area (Å²) >= 11 is 0. The minimum absolute atomic E-state index is 0.0370. The van der Waals surface area contributed by atoms with Gasteiger partial charge in [0.1, 0.15) is 0 Å². The SMILES string of the molecule is CCN(Cc1ccc(C(=O)N2CCCCC2C2OCCO2)cc1)C(C)C. The second kappa shape index (κ2) is 8.98. The van der Waals surface area contributed by atoms with Gasteiger partial charge < -0.3 is 14.4 Å². The van der Waals surface area contributed by atoms with E-state index >= 15 is 0 Å². The maximum absolute atomic E-state index is 13.1. The van der Waals surface area contributed by atoms with E-state index in [0.29, 0.717) is 19.3 Å². The molecule has 0 spiro atoms. The summed E-state index contributed by atoms with van der Waals surface area (Å²) in [7, 11) is 0. The van der Waals surface area contributed by atoms with Gasteiger partial charge in [0, 0.05) is 24.7 Å². The standard InChI is InChI=1S/C21H32N2O3/c1-4-22(16(2)3)15-17-8-10-18(11-9-17)20(24)23-12-6-5-7-19(23)21-25-13-14-26-21/h8-11,16,19,21H,4-7,12-15H2,1-3H3. The number of amides is 1. The summed E-state index contributed by atoms with van der Waals surface area (Å²) in [6, 6.07) is 8.65. The van der Waals surface area contributed by atoms with Gasteiger partial charge in [-0.1, -0.05) is 19.1 Å². The van der Waals surface area contributed by atoms with Crippen LogP contribution < -0.4 is 0 Å². The normalized spacial score (nSPS) is 21.7. The summed E-state index contributed by atoms with van der Waals surface area (Å²) in [6.45, 7) is 10.6. The van der Waals surface area contributed by atoms with Crippen molar-refractivity contribution in [2.75, 3.05) is 26.3 Å². The molecule has 1 aromatic carbocycles. The molecule has 0 aromatic heterocycles. The zero-order chi connectivity index (χ0) is 18.5. The highest BCUT2D eigenvalue weighted by molar-refractivity contribution is 5.94. The Bertz CT molecular complexity index is 581. The van der Waals surface area contributed by atoms with Crippen molar-refractivity contribution in [3.05, 3.63) is 35.4 Å². The van der Waals surface area contributed by atoms with Crippen LogP contribution in [-0.4, -0.2) is 60.4 Å². The first kappa shape index (κ1) is 19.3. The van der Waals surface area contributed by atoms with Gasteiger partial charge in [0.15, 0.2) is 6.29 Å². The zero-order valence-electron chi connectivity index (χ0n) is 16.3. The third-order valence-corrected chi connectivity index (χ3v) is 5.49. The molecular formula is C21H32N2O3. The number of nitrogens with zero attached hydrogens (tertiary/aromatic N) is 2. The number of hydrogen-bond acceptors (Lipinski definition) is 4. The van der Waals surface area contributed by atoms with E-state index in [2.05, 4.69) is 37.8 Å². The third-order valence-electron chi connectivity index (χ3n) is 5.49. The van der Waals surface area contributed by atoms with Gasteiger partial charge in [-0.15, -0.1) is 0 Å². The lowest BCUT2D eigenvalue weighted by Crippen LogP contribution is -2.50. The van der Waals surface area contributed by atoms with Crippen molar-refractivity contribution in [3.63, 3.8) is 0 Å². The van der Waals surface area contributed by atoms with Crippen LogP contribution in [0.2, 0.25) is 0 Å². The smallest absolute Gasteiger partial charge is 0.254 e. The Morgan fingerprint density at radius 2 is 1.88 bits per heavy atom. The largest absolute Gasteiger partial charge is 0.348 e. The second-order valence-electron chi connectivity index (χ2n) is 7.53. The monoisotopic (exact) mass is 360 g/mol. The van der Waals surface area contributed by atoms with Crippen LogP contribution >= 0.6 is 0 Å². The van der Waals surface area contributed by atoms with Crippen LogP contribution in [-0.2, 0) is 16.0 Å². The molecule has 2 fully saturated rings. The molecule has 0 radical (unpaired) electrons. The highest BCUT2D eigenvalue weighted by Gasteiger charge is 2.36. The van der Waals surface area contributed by atoms with Crippen molar-refractivity contribution in [2.24, 2.45) is 0 Å². The summed E-state index contributed by atoms with van der Waals surface area (Å²) < 4.78 is 11.4.